The Labute approximate surface area is 112 Å². The molecule has 0 N–H and O–H groups in total. The third-order valence-corrected chi connectivity index (χ3v) is 3.83. The zero-order chi connectivity index (χ0) is 13.4. The van der Waals surface area contributed by atoms with Crippen molar-refractivity contribution in [3.05, 3.63) is 29.6 Å². The van der Waals surface area contributed by atoms with Crippen LogP contribution in [0.15, 0.2) is 18.3 Å². The van der Waals surface area contributed by atoms with Gasteiger partial charge in [-0.1, -0.05) is 6.92 Å². The molecule has 19 heavy (non-hydrogen) atoms. The van der Waals surface area contributed by atoms with Crippen molar-refractivity contribution in [3.63, 3.8) is 0 Å². The maximum atomic E-state index is 12.3. The molecule has 1 saturated heterocycles. The van der Waals surface area contributed by atoms with E-state index in [2.05, 4.69) is 11.9 Å². The lowest BCUT2D eigenvalue weighted by Crippen LogP contribution is -2.37. The second-order valence-electron chi connectivity index (χ2n) is 5.13. The van der Waals surface area contributed by atoms with Gasteiger partial charge in [-0.2, -0.15) is 0 Å². The first-order valence-electron chi connectivity index (χ1n) is 6.73. The van der Waals surface area contributed by atoms with E-state index in [-0.39, 0.29) is 17.9 Å². The lowest BCUT2D eigenvalue weighted by molar-refractivity contribution is -0.127. The first kappa shape index (κ1) is 12.1. The van der Waals surface area contributed by atoms with Crippen LogP contribution < -0.4 is 0 Å². The van der Waals surface area contributed by atoms with Crippen LogP contribution in [0.1, 0.15) is 35.8 Å². The van der Waals surface area contributed by atoms with Crippen molar-refractivity contribution in [3.8, 4) is 0 Å². The number of likely N-dealkylation sites (tertiary alicyclic amines) is 1. The monoisotopic (exact) mass is 259 g/mol. The highest BCUT2D eigenvalue weighted by molar-refractivity contribution is 5.98. The Kier molecular flexibility index (Phi) is 2.97. The first-order chi connectivity index (χ1) is 9.20. The topological polar surface area (TPSA) is 53.5 Å². The van der Waals surface area contributed by atoms with Gasteiger partial charge in [0.1, 0.15) is 0 Å². The number of nitrogens with zero attached hydrogens (tertiary/aromatic N) is 3. The van der Waals surface area contributed by atoms with E-state index in [1.165, 1.54) is 0 Å². The number of fused-ring (bicyclic) bond motifs is 1. The fourth-order valence-corrected chi connectivity index (χ4v) is 2.89. The van der Waals surface area contributed by atoms with Gasteiger partial charge in [-0.15, -0.1) is 0 Å². The van der Waals surface area contributed by atoms with Crippen LogP contribution in [0.25, 0.3) is 0 Å². The van der Waals surface area contributed by atoms with E-state index >= 15 is 0 Å². The van der Waals surface area contributed by atoms with Crippen LogP contribution in [0.5, 0.6) is 0 Å². The predicted molar refractivity (Wildman–Crippen MR) is 69.4 cm³/mol. The molecule has 0 radical (unpaired) electrons. The molecule has 0 spiro atoms. The summed E-state index contributed by atoms with van der Waals surface area (Å²) in [6, 6.07) is 3.59. The van der Waals surface area contributed by atoms with Gasteiger partial charge < -0.3 is 9.80 Å². The number of carbonyl (C=O) groups is 2. The van der Waals surface area contributed by atoms with Crippen molar-refractivity contribution in [1.82, 2.24) is 14.8 Å². The van der Waals surface area contributed by atoms with Gasteiger partial charge in [0.15, 0.2) is 0 Å². The van der Waals surface area contributed by atoms with Crippen LogP contribution in [0.4, 0.5) is 0 Å². The molecular weight excluding hydrogens is 242 g/mol. The van der Waals surface area contributed by atoms with Crippen LogP contribution in [-0.2, 0) is 11.3 Å². The molecule has 0 saturated carbocycles. The van der Waals surface area contributed by atoms with E-state index < -0.39 is 0 Å². The van der Waals surface area contributed by atoms with Gasteiger partial charge >= 0.3 is 0 Å². The summed E-state index contributed by atoms with van der Waals surface area (Å²) in [7, 11) is 0. The number of hydrogen-bond donors (Lipinski definition) is 0. The fraction of sp³-hybridized carbons (Fsp3) is 0.500. The molecule has 1 aromatic rings. The smallest absolute Gasteiger partial charge is 0.256 e. The summed E-state index contributed by atoms with van der Waals surface area (Å²) in [5, 5.41) is 0. The second kappa shape index (κ2) is 4.64. The van der Waals surface area contributed by atoms with Crippen molar-refractivity contribution in [2.45, 2.75) is 32.4 Å². The summed E-state index contributed by atoms with van der Waals surface area (Å²) in [5.41, 5.74) is 1.51. The van der Waals surface area contributed by atoms with E-state index in [0.717, 1.165) is 18.7 Å². The quantitative estimate of drug-likeness (QED) is 0.815. The second-order valence-corrected chi connectivity index (χ2v) is 5.13. The standard InChI is InChI=1S/C14H17N3O2/c1-2-6-16-8-10(7-13(16)18)17-9-12-11(14(17)19)4-3-5-15-12/h3-5,10H,2,6-9H2,1H3/t10-/m1/s1. The van der Waals surface area contributed by atoms with E-state index in [1.54, 1.807) is 17.2 Å². The number of hydrogen-bond acceptors (Lipinski definition) is 3. The van der Waals surface area contributed by atoms with Crippen molar-refractivity contribution in [2.24, 2.45) is 0 Å². The summed E-state index contributed by atoms with van der Waals surface area (Å²) in [4.78, 5) is 32.1. The zero-order valence-corrected chi connectivity index (χ0v) is 11.0. The van der Waals surface area contributed by atoms with E-state index in [0.29, 0.717) is 25.1 Å². The van der Waals surface area contributed by atoms with Gasteiger partial charge in [-0.05, 0) is 18.6 Å². The van der Waals surface area contributed by atoms with Gasteiger partial charge in [0.2, 0.25) is 5.91 Å². The average Bonchev–Trinajstić information content (AvgIpc) is 2.93. The highest BCUT2D eigenvalue weighted by atomic mass is 16.2. The minimum Gasteiger partial charge on any atom is -0.341 e. The molecule has 0 unspecified atom stereocenters. The van der Waals surface area contributed by atoms with Crippen molar-refractivity contribution < 1.29 is 9.59 Å². The predicted octanol–water partition coefficient (Wildman–Crippen LogP) is 1.05. The van der Waals surface area contributed by atoms with E-state index in [9.17, 15) is 9.59 Å². The maximum Gasteiger partial charge on any atom is 0.256 e. The van der Waals surface area contributed by atoms with Gasteiger partial charge in [0.25, 0.3) is 5.91 Å². The summed E-state index contributed by atoms with van der Waals surface area (Å²) in [6.45, 7) is 4.03. The minimum absolute atomic E-state index is 0.000694. The highest BCUT2D eigenvalue weighted by Gasteiger charge is 2.39. The highest BCUT2D eigenvalue weighted by Crippen LogP contribution is 2.27. The number of pyridine rings is 1. The molecule has 2 aliphatic heterocycles. The number of aromatic nitrogens is 1. The van der Waals surface area contributed by atoms with E-state index in [4.69, 9.17) is 0 Å². The summed E-state index contributed by atoms with van der Waals surface area (Å²) in [5.74, 6) is 0.169. The van der Waals surface area contributed by atoms with Gasteiger partial charge in [-0.3, -0.25) is 14.6 Å². The molecule has 5 nitrogen and oxygen atoms in total. The Morgan fingerprint density at radius 3 is 3.00 bits per heavy atom. The average molecular weight is 259 g/mol. The van der Waals surface area contributed by atoms with Crippen molar-refractivity contribution >= 4 is 11.8 Å². The van der Waals surface area contributed by atoms with Crippen LogP contribution >= 0.6 is 0 Å². The SMILES string of the molecule is CCCN1C[C@H](N2Cc3ncccc3C2=O)CC1=O. The largest absolute Gasteiger partial charge is 0.341 e. The van der Waals surface area contributed by atoms with Crippen molar-refractivity contribution in [2.75, 3.05) is 13.1 Å². The Balaban J connectivity index is 1.76. The Morgan fingerprint density at radius 1 is 1.42 bits per heavy atom. The maximum absolute atomic E-state index is 12.3. The molecule has 5 heteroatoms. The third kappa shape index (κ3) is 1.99. The molecule has 0 aromatic carbocycles. The number of carbonyl (C=O) groups excluding carboxylic acids is 2. The number of amides is 2. The van der Waals surface area contributed by atoms with Crippen LogP contribution in [0.2, 0.25) is 0 Å². The Bertz CT molecular complexity index is 529. The van der Waals surface area contributed by atoms with Crippen LogP contribution in [0.3, 0.4) is 0 Å². The lowest BCUT2D eigenvalue weighted by atomic mass is 10.2. The normalized spacial score (nSPS) is 22.3. The molecule has 1 aromatic heterocycles. The summed E-state index contributed by atoms with van der Waals surface area (Å²) >= 11 is 0. The summed E-state index contributed by atoms with van der Waals surface area (Å²) < 4.78 is 0. The molecule has 3 heterocycles. The lowest BCUT2D eigenvalue weighted by Gasteiger charge is -2.23. The third-order valence-electron chi connectivity index (χ3n) is 3.83. The summed E-state index contributed by atoms with van der Waals surface area (Å²) in [6.07, 6.45) is 3.10. The molecule has 3 rings (SSSR count). The number of rotatable bonds is 3. The van der Waals surface area contributed by atoms with E-state index in [1.807, 2.05) is 11.0 Å². The molecule has 2 aliphatic rings. The molecule has 100 valence electrons. The minimum atomic E-state index is 0.000694. The Hall–Kier alpha value is -1.91. The fourth-order valence-electron chi connectivity index (χ4n) is 2.89. The van der Waals surface area contributed by atoms with Gasteiger partial charge in [0.05, 0.1) is 23.8 Å². The molecule has 1 atom stereocenters. The molecule has 2 amide bonds. The van der Waals surface area contributed by atoms with Gasteiger partial charge in [-0.25, -0.2) is 0 Å². The Morgan fingerprint density at radius 2 is 2.26 bits per heavy atom. The van der Waals surface area contributed by atoms with Gasteiger partial charge in [0, 0.05) is 25.7 Å². The molecule has 0 aliphatic carbocycles. The molecule has 0 bridgehead atoms. The van der Waals surface area contributed by atoms with Crippen molar-refractivity contribution in [1.29, 1.82) is 0 Å². The first-order valence-corrected chi connectivity index (χ1v) is 6.73. The van der Waals surface area contributed by atoms with Crippen LogP contribution in [-0.4, -0.2) is 45.7 Å². The molecule has 1 fully saturated rings. The molecular formula is C14H17N3O2. The zero-order valence-electron chi connectivity index (χ0n) is 11.0. The van der Waals surface area contributed by atoms with Crippen LogP contribution in [0, 0.1) is 0 Å².